The van der Waals surface area contributed by atoms with E-state index in [1.54, 1.807) is 36.4 Å². The van der Waals surface area contributed by atoms with Gasteiger partial charge in [-0.25, -0.2) is 0 Å². The van der Waals surface area contributed by atoms with E-state index in [9.17, 15) is 25.0 Å². The standard InChI is InChI=1S/C20H15ClN4O4S/c1-23-18(26)16(11-22)20-24(14-7-5-13(21)6-8-14)19(27)17(30-20)10-12-3-2-4-15(9-12)25(28)29/h2-9,17H,10H2,1H3,(H,23,26)/b20-16-. The van der Waals surface area contributed by atoms with Gasteiger partial charge in [-0.1, -0.05) is 35.5 Å². The Morgan fingerprint density at radius 1 is 1.33 bits per heavy atom. The molecule has 1 saturated heterocycles. The molecule has 0 aromatic heterocycles. The molecule has 1 heterocycles. The molecule has 1 N–H and O–H groups in total. The summed E-state index contributed by atoms with van der Waals surface area (Å²) in [5.74, 6) is -0.941. The number of benzene rings is 2. The maximum absolute atomic E-state index is 13.2. The van der Waals surface area contributed by atoms with Crippen LogP contribution in [-0.4, -0.2) is 29.0 Å². The Morgan fingerprint density at radius 3 is 2.63 bits per heavy atom. The van der Waals surface area contributed by atoms with E-state index in [4.69, 9.17) is 11.6 Å². The number of likely N-dealkylation sites (N-methyl/N-ethyl adjacent to an activating group) is 1. The summed E-state index contributed by atoms with van der Waals surface area (Å²) < 4.78 is 0. The summed E-state index contributed by atoms with van der Waals surface area (Å²) in [7, 11) is 1.40. The average Bonchev–Trinajstić information content (AvgIpc) is 3.05. The second-order valence-corrected chi connectivity index (χ2v) is 7.89. The normalized spacial score (nSPS) is 17.4. The largest absolute Gasteiger partial charge is 0.354 e. The van der Waals surface area contributed by atoms with Gasteiger partial charge in [-0.3, -0.25) is 24.6 Å². The molecule has 1 atom stereocenters. The SMILES string of the molecule is CNC(=O)/C(C#N)=C1\SC(Cc2cccc([N+](=O)[O-])c2)C(=O)N1c1ccc(Cl)cc1. The summed E-state index contributed by atoms with van der Waals surface area (Å²) in [5, 5.41) is 23.0. The van der Waals surface area contributed by atoms with Gasteiger partial charge in [0.15, 0.2) is 0 Å². The number of rotatable bonds is 5. The Labute approximate surface area is 181 Å². The van der Waals surface area contributed by atoms with Crippen LogP contribution in [0.4, 0.5) is 11.4 Å². The maximum atomic E-state index is 13.2. The Morgan fingerprint density at radius 2 is 2.03 bits per heavy atom. The molecule has 2 aromatic carbocycles. The van der Waals surface area contributed by atoms with Crippen molar-refractivity contribution in [3.05, 3.63) is 79.8 Å². The number of hydrogen-bond acceptors (Lipinski definition) is 6. The number of carbonyl (C=O) groups excluding carboxylic acids is 2. The van der Waals surface area contributed by atoms with Crippen molar-refractivity contribution in [3.63, 3.8) is 0 Å². The molecule has 1 aliphatic heterocycles. The highest BCUT2D eigenvalue weighted by molar-refractivity contribution is 8.05. The second-order valence-electron chi connectivity index (χ2n) is 6.26. The average molecular weight is 443 g/mol. The molecule has 2 amide bonds. The van der Waals surface area contributed by atoms with Crippen LogP contribution in [0.2, 0.25) is 5.02 Å². The van der Waals surface area contributed by atoms with E-state index < -0.39 is 16.1 Å². The maximum Gasteiger partial charge on any atom is 0.269 e. The number of carbonyl (C=O) groups is 2. The Bertz CT molecular complexity index is 1090. The van der Waals surface area contributed by atoms with Gasteiger partial charge in [0.1, 0.15) is 16.7 Å². The lowest BCUT2D eigenvalue weighted by atomic mass is 10.1. The van der Waals surface area contributed by atoms with Gasteiger partial charge in [-0.2, -0.15) is 5.26 Å². The van der Waals surface area contributed by atoms with Crippen molar-refractivity contribution in [3.8, 4) is 6.07 Å². The molecular weight excluding hydrogens is 428 g/mol. The van der Waals surface area contributed by atoms with Gasteiger partial charge >= 0.3 is 0 Å². The highest BCUT2D eigenvalue weighted by Gasteiger charge is 2.40. The van der Waals surface area contributed by atoms with Crippen molar-refractivity contribution in [1.29, 1.82) is 5.26 Å². The van der Waals surface area contributed by atoms with Gasteiger partial charge in [0.05, 0.1) is 10.2 Å². The number of non-ortho nitro benzene ring substituents is 1. The van der Waals surface area contributed by atoms with Crippen molar-refractivity contribution in [2.45, 2.75) is 11.7 Å². The number of nitro benzene ring substituents is 1. The summed E-state index contributed by atoms with van der Waals surface area (Å²) in [6.07, 6.45) is 0.200. The molecule has 30 heavy (non-hydrogen) atoms. The van der Waals surface area contributed by atoms with Crippen LogP contribution in [0.15, 0.2) is 59.1 Å². The minimum absolute atomic E-state index is 0.0728. The van der Waals surface area contributed by atoms with Crippen molar-refractivity contribution >= 4 is 46.6 Å². The lowest BCUT2D eigenvalue weighted by Crippen LogP contribution is -2.31. The molecule has 152 valence electrons. The Balaban J connectivity index is 2.03. The van der Waals surface area contributed by atoms with Crippen molar-refractivity contribution in [2.75, 3.05) is 11.9 Å². The minimum Gasteiger partial charge on any atom is -0.354 e. The third kappa shape index (κ3) is 4.30. The fourth-order valence-corrected chi connectivity index (χ4v) is 4.38. The topological polar surface area (TPSA) is 116 Å². The summed E-state index contributed by atoms with van der Waals surface area (Å²) in [5.41, 5.74) is 0.805. The van der Waals surface area contributed by atoms with Crippen LogP contribution in [0.25, 0.3) is 0 Å². The molecule has 3 rings (SSSR count). The van der Waals surface area contributed by atoms with E-state index in [1.165, 1.54) is 24.1 Å². The third-order valence-corrected chi connectivity index (χ3v) is 5.87. The van der Waals surface area contributed by atoms with Crippen LogP contribution < -0.4 is 10.2 Å². The highest BCUT2D eigenvalue weighted by atomic mass is 35.5. The van der Waals surface area contributed by atoms with Gasteiger partial charge < -0.3 is 5.32 Å². The van der Waals surface area contributed by atoms with E-state index >= 15 is 0 Å². The number of anilines is 1. The molecule has 0 spiro atoms. The van der Waals surface area contributed by atoms with Crippen LogP contribution >= 0.6 is 23.4 Å². The predicted molar refractivity (Wildman–Crippen MR) is 114 cm³/mol. The first-order valence-corrected chi connectivity index (χ1v) is 9.97. The lowest BCUT2D eigenvalue weighted by Gasteiger charge is -2.18. The second kappa shape index (κ2) is 8.98. The van der Waals surface area contributed by atoms with Gasteiger partial charge in [0.2, 0.25) is 5.91 Å². The van der Waals surface area contributed by atoms with Crippen LogP contribution in [-0.2, 0) is 16.0 Å². The molecule has 8 nitrogen and oxygen atoms in total. The Kier molecular flexibility index (Phi) is 6.40. The first kappa shape index (κ1) is 21.4. The number of hydrogen-bond donors (Lipinski definition) is 1. The van der Waals surface area contributed by atoms with Crippen LogP contribution in [0, 0.1) is 21.4 Å². The zero-order chi connectivity index (χ0) is 21.8. The van der Waals surface area contributed by atoms with E-state index in [0.29, 0.717) is 16.3 Å². The molecule has 1 unspecified atom stereocenters. The summed E-state index contributed by atoms with van der Waals surface area (Å²) in [6.45, 7) is 0. The molecule has 0 bridgehead atoms. The molecule has 2 aromatic rings. The van der Waals surface area contributed by atoms with Gasteiger partial charge in [-0.05, 0) is 36.2 Å². The molecule has 1 aliphatic rings. The first-order chi connectivity index (χ1) is 14.3. The van der Waals surface area contributed by atoms with E-state index in [1.807, 2.05) is 6.07 Å². The monoisotopic (exact) mass is 442 g/mol. The number of halogens is 1. The van der Waals surface area contributed by atoms with Crippen molar-refractivity contribution < 1.29 is 14.5 Å². The Hall–Kier alpha value is -3.35. The van der Waals surface area contributed by atoms with Gasteiger partial charge in [0.25, 0.3) is 11.6 Å². The zero-order valence-electron chi connectivity index (χ0n) is 15.7. The number of nitriles is 1. The smallest absolute Gasteiger partial charge is 0.269 e. The zero-order valence-corrected chi connectivity index (χ0v) is 17.2. The van der Waals surface area contributed by atoms with Crippen LogP contribution in [0.5, 0.6) is 0 Å². The summed E-state index contributed by atoms with van der Waals surface area (Å²) in [4.78, 5) is 37.3. The third-order valence-electron chi connectivity index (χ3n) is 4.36. The van der Waals surface area contributed by atoms with Gasteiger partial charge in [-0.15, -0.1) is 0 Å². The fourth-order valence-electron chi connectivity index (χ4n) is 2.95. The number of nitro groups is 1. The number of nitrogens with one attached hydrogen (secondary N) is 1. The fraction of sp³-hybridized carbons (Fsp3) is 0.150. The predicted octanol–water partition coefficient (Wildman–Crippen LogP) is 3.42. The number of amides is 2. The molecule has 10 heteroatoms. The molecular formula is C20H15ClN4O4S. The quantitative estimate of drug-likeness (QED) is 0.328. The van der Waals surface area contributed by atoms with E-state index in [2.05, 4.69) is 5.32 Å². The number of thioether (sulfide) groups is 1. The number of nitrogens with zero attached hydrogens (tertiary/aromatic N) is 3. The lowest BCUT2D eigenvalue weighted by molar-refractivity contribution is -0.384. The first-order valence-electron chi connectivity index (χ1n) is 8.71. The van der Waals surface area contributed by atoms with E-state index in [-0.39, 0.29) is 28.6 Å². The van der Waals surface area contributed by atoms with Gasteiger partial charge in [0, 0.05) is 29.9 Å². The molecule has 1 fully saturated rings. The van der Waals surface area contributed by atoms with Crippen molar-refractivity contribution in [2.24, 2.45) is 0 Å². The van der Waals surface area contributed by atoms with Crippen molar-refractivity contribution in [1.82, 2.24) is 5.32 Å². The van der Waals surface area contributed by atoms with E-state index in [0.717, 1.165) is 11.8 Å². The molecule has 0 saturated carbocycles. The summed E-state index contributed by atoms with van der Waals surface area (Å²) in [6, 6.07) is 14.3. The highest BCUT2D eigenvalue weighted by Crippen LogP contribution is 2.42. The van der Waals surface area contributed by atoms with Crippen LogP contribution in [0.3, 0.4) is 0 Å². The minimum atomic E-state index is -0.661. The molecule has 0 radical (unpaired) electrons. The molecule has 0 aliphatic carbocycles. The van der Waals surface area contributed by atoms with Crippen LogP contribution in [0.1, 0.15) is 5.56 Å². The summed E-state index contributed by atoms with van der Waals surface area (Å²) >= 11 is 7.02.